The molecule has 1 aromatic heterocycles. The van der Waals surface area contributed by atoms with Gasteiger partial charge in [-0.3, -0.25) is 0 Å². The molecular weight excluding hydrogens is 370 g/mol. The van der Waals surface area contributed by atoms with Gasteiger partial charge in [0, 0.05) is 23.5 Å². The molecule has 4 rings (SSSR count). The fraction of sp³-hybridized carbons (Fsp3) is 0.0455. The van der Waals surface area contributed by atoms with E-state index in [1.807, 2.05) is 61.6 Å². The fourth-order valence-corrected chi connectivity index (χ4v) is 4.12. The van der Waals surface area contributed by atoms with Crippen LogP contribution in [0.1, 0.15) is 5.56 Å². The van der Waals surface area contributed by atoms with E-state index >= 15 is 0 Å². The molecule has 6 heteroatoms. The van der Waals surface area contributed by atoms with Crippen molar-refractivity contribution < 1.29 is 8.42 Å². The number of aromatic nitrogens is 1. The van der Waals surface area contributed by atoms with E-state index in [9.17, 15) is 8.42 Å². The average Bonchev–Trinajstić information content (AvgIpc) is 3.01. The number of para-hydroxylation sites is 1. The molecule has 0 bridgehead atoms. The molecule has 140 valence electrons. The third-order valence-electron chi connectivity index (χ3n) is 4.61. The van der Waals surface area contributed by atoms with E-state index in [1.165, 1.54) is 12.1 Å². The first-order valence-corrected chi connectivity index (χ1v) is 10.3. The van der Waals surface area contributed by atoms with Crippen LogP contribution >= 0.6 is 0 Å². The summed E-state index contributed by atoms with van der Waals surface area (Å²) >= 11 is 0. The molecule has 0 fully saturated rings. The van der Waals surface area contributed by atoms with Gasteiger partial charge in [0.15, 0.2) is 0 Å². The molecule has 0 radical (unpaired) electrons. The van der Waals surface area contributed by atoms with Gasteiger partial charge in [-0.25, -0.2) is 4.83 Å². The Kier molecular flexibility index (Phi) is 4.71. The molecular formula is C22H19N3O2S. The summed E-state index contributed by atoms with van der Waals surface area (Å²) in [5.41, 5.74) is 3.92. The average molecular weight is 389 g/mol. The number of fused-ring (bicyclic) bond motifs is 1. The Hall–Kier alpha value is -3.38. The highest BCUT2D eigenvalue weighted by Gasteiger charge is 2.16. The smallest absolute Gasteiger partial charge is 0.276 e. The summed E-state index contributed by atoms with van der Waals surface area (Å²) in [6, 6.07) is 26.2. The van der Waals surface area contributed by atoms with Crippen LogP contribution in [0.25, 0.3) is 22.2 Å². The molecule has 5 nitrogen and oxygen atoms in total. The molecule has 0 spiro atoms. The standard InChI is InChI=1S/C22H19N3O2S/c1-25-21-15-9-8-14-19(21)20(22(25)17-10-4-2-5-11-17)16-23-24-28(26,27)18-12-6-3-7-13-18/h2-16,24H,1H3. The van der Waals surface area contributed by atoms with E-state index in [4.69, 9.17) is 0 Å². The number of hydrogen-bond acceptors (Lipinski definition) is 3. The van der Waals surface area contributed by atoms with Gasteiger partial charge in [0.1, 0.15) is 0 Å². The van der Waals surface area contributed by atoms with Gasteiger partial charge in [-0.05, 0) is 23.8 Å². The molecule has 3 aromatic carbocycles. The van der Waals surface area contributed by atoms with Crippen LogP contribution in [-0.2, 0) is 17.1 Å². The maximum atomic E-state index is 12.4. The number of benzene rings is 3. The number of nitrogens with zero attached hydrogens (tertiary/aromatic N) is 2. The van der Waals surface area contributed by atoms with Gasteiger partial charge in [-0.2, -0.15) is 13.5 Å². The Morgan fingerprint density at radius 3 is 2.18 bits per heavy atom. The van der Waals surface area contributed by atoms with Crippen LogP contribution in [0.15, 0.2) is 94.9 Å². The highest BCUT2D eigenvalue weighted by molar-refractivity contribution is 7.89. The molecule has 28 heavy (non-hydrogen) atoms. The lowest BCUT2D eigenvalue weighted by Gasteiger charge is -2.06. The zero-order valence-corrected chi connectivity index (χ0v) is 16.1. The monoisotopic (exact) mass is 389 g/mol. The predicted octanol–water partition coefficient (Wildman–Crippen LogP) is 4.16. The van der Waals surface area contributed by atoms with Crippen LogP contribution < -0.4 is 4.83 Å². The number of sulfonamides is 1. The second-order valence-corrected chi connectivity index (χ2v) is 8.03. The Balaban J connectivity index is 1.77. The molecule has 1 N–H and O–H groups in total. The third-order valence-corrected chi connectivity index (χ3v) is 5.85. The van der Waals surface area contributed by atoms with Crippen molar-refractivity contribution in [2.45, 2.75) is 4.90 Å². The first-order valence-electron chi connectivity index (χ1n) is 8.81. The Labute approximate surface area is 164 Å². The number of hydrazone groups is 1. The third kappa shape index (κ3) is 3.30. The highest BCUT2D eigenvalue weighted by atomic mass is 32.2. The Morgan fingerprint density at radius 1 is 0.857 bits per heavy atom. The van der Waals surface area contributed by atoms with Crippen LogP contribution in [0.3, 0.4) is 0 Å². The van der Waals surface area contributed by atoms with Crippen LogP contribution in [0.2, 0.25) is 0 Å². The summed E-state index contributed by atoms with van der Waals surface area (Å²) in [5.74, 6) is 0. The van der Waals surface area contributed by atoms with E-state index in [0.717, 1.165) is 27.7 Å². The molecule has 0 atom stereocenters. The minimum Gasteiger partial charge on any atom is -0.343 e. The molecule has 0 unspecified atom stereocenters. The van der Waals surface area contributed by atoms with Crippen LogP contribution in [0.4, 0.5) is 0 Å². The van der Waals surface area contributed by atoms with E-state index < -0.39 is 10.0 Å². The number of aryl methyl sites for hydroxylation is 1. The number of nitrogens with one attached hydrogen (secondary N) is 1. The van der Waals surface area contributed by atoms with Crippen molar-refractivity contribution in [1.29, 1.82) is 0 Å². The molecule has 0 aliphatic carbocycles. The lowest BCUT2D eigenvalue weighted by Crippen LogP contribution is -2.18. The van der Waals surface area contributed by atoms with Crippen molar-refractivity contribution >= 4 is 27.1 Å². The zero-order chi connectivity index (χ0) is 19.6. The van der Waals surface area contributed by atoms with Crippen molar-refractivity contribution in [2.75, 3.05) is 0 Å². The summed E-state index contributed by atoms with van der Waals surface area (Å²) < 4.78 is 26.9. The SMILES string of the molecule is Cn1c(-c2ccccc2)c(C=NNS(=O)(=O)c2ccccc2)c2ccccc21. The van der Waals surface area contributed by atoms with Gasteiger partial charge in [0.2, 0.25) is 0 Å². The van der Waals surface area contributed by atoms with Crippen LogP contribution in [-0.4, -0.2) is 19.2 Å². The topological polar surface area (TPSA) is 63.5 Å². The van der Waals surface area contributed by atoms with E-state index in [2.05, 4.69) is 14.5 Å². The van der Waals surface area contributed by atoms with Crippen LogP contribution in [0.5, 0.6) is 0 Å². The Bertz CT molecular complexity index is 1250. The molecule has 0 saturated carbocycles. The molecule has 0 amide bonds. The van der Waals surface area contributed by atoms with Crippen molar-refractivity contribution in [2.24, 2.45) is 12.1 Å². The highest BCUT2D eigenvalue weighted by Crippen LogP contribution is 2.31. The molecule has 0 aliphatic rings. The predicted molar refractivity (Wildman–Crippen MR) is 113 cm³/mol. The quantitative estimate of drug-likeness (QED) is 0.411. The summed E-state index contributed by atoms with van der Waals surface area (Å²) in [6.07, 6.45) is 1.57. The van der Waals surface area contributed by atoms with E-state index in [-0.39, 0.29) is 4.90 Å². The maximum Gasteiger partial charge on any atom is 0.276 e. The lowest BCUT2D eigenvalue weighted by molar-refractivity contribution is 0.584. The van der Waals surface area contributed by atoms with Gasteiger partial charge in [-0.15, -0.1) is 0 Å². The first kappa shape index (κ1) is 18.0. The van der Waals surface area contributed by atoms with Crippen molar-refractivity contribution in [3.63, 3.8) is 0 Å². The lowest BCUT2D eigenvalue weighted by atomic mass is 10.1. The maximum absolute atomic E-state index is 12.4. The Morgan fingerprint density at radius 2 is 1.46 bits per heavy atom. The molecule has 4 aromatic rings. The summed E-state index contributed by atoms with van der Waals surface area (Å²) in [4.78, 5) is 2.48. The largest absolute Gasteiger partial charge is 0.343 e. The van der Waals surface area contributed by atoms with Gasteiger partial charge in [0.05, 0.1) is 16.8 Å². The van der Waals surface area contributed by atoms with Crippen molar-refractivity contribution in [1.82, 2.24) is 9.40 Å². The summed E-state index contributed by atoms with van der Waals surface area (Å²) in [7, 11) is -1.71. The molecule has 0 aliphatic heterocycles. The minimum atomic E-state index is -3.71. The van der Waals surface area contributed by atoms with Crippen molar-refractivity contribution in [3.05, 3.63) is 90.5 Å². The minimum absolute atomic E-state index is 0.174. The fourth-order valence-electron chi connectivity index (χ4n) is 3.31. The van der Waals surface area contributed by atoms with E-state index in [1.54, 1.807) is 24.4 Å². The number of hydrogen-bond donors (Lipinski definition) is 1. The van der Waals surface area contributed by atoms with E-state index in [0.29, 0.717) is 0 Å². The molecule has 1 heterocycles. The second kappa shape index (κ2) is 7.32. The molecule has 0 saturated heterocycles. The van der Waals surface area contributed by atoms with Gasteiger partial charge in [-0.1, -0.05) is 66.7 Å². The zero-order valence-electron chi connectivity index (χ0n) is 15.3. The van der Waals surface area contributed by atoms with Gasteiger partial charge >= 0.3 is 0 Å². The first-order chi connectivity index (χ1) is 13.6. The van der Waals surface area contributed by atoms with Crippen molar-refractivity contribution in [3.8, 4) is 11.3 Å². The second-order valence-electron chi connectivity index (χ2n) is 6.37. The normalized spacial score (nSPS) is 11.9. The summed E-state index contributed by atoms with van der Waals surface area (Å²) in [6.45, 7) is 0. The summed E-state index contributed by atoms with van der Waals surface area (Å²) in [5, 5.41) is 5.07. The number of rotatable bonds is 5. The van der Waals surface area contributed by atoms with Gasteiger partial charge < -0.3 is 4.57 Å². The van der Waals surface area contributed by atoms with Crippen LogP contribution in [0, 0.1) is 0 Å². The van der Waals surface area contributed by atoms with Gasteiger partial charge in [0.25, 0.3) is 10.0 Å².